The van der Waals surface area contributed by atoms with Crippen LogP contribution in [0.3, 0.4) is 0 Å². The third kappa shape index (κ3) is 3.51. The summed E-state index contributed by atoms with van der Waals surface area (Å²) in [6, 6.07) is 5.96. The normalized spacial score (nSPS) is 13.6. The molecule has 6 heteroatoms. The minimum absolute atomic E-state index is 0.0250. The number of carbonyl (C=O) groups is 2. The standard InChI is InChI=1S/C19H20ClN3O2/c1-3-17(24)22-10-14-9-21-11-15(19(14)20)12-4-6-16-13(8-12)5-7-18(25)23(16)2/h4,6,8-9,11H,3,5,7,10H2,1-2H3,(H,22,24). The van der Waals surface area contributed by atoms with Gasteiger partial charge in [0.05, 0.1) is 5.02 Å². The molecule has 25 heavy (non-hydrogen) atoms. The molecule has 0 unspecified atom stereocenters. The number of pyridine rings is 1. The van der Waals surface area contributed by atoms with Crippen molar-refractivity contribution in [1.29, 1.82) is 0 Å². The molecule has 5 nitrogen and oxygen atoms in total. The maximum atomic E-state index is 11.8. The zero-order valence-electron chi connectivity index (χ0n) is 14.3. The number of fused-ring (bicyclic) bond motifs is 1. The Labute approximate surface area is 152 Å². The Balaban J connectivity index is 1.92. The van der Waals surface area contributed by atoms with Gasteiger partial charge in [-0.2, -0.15) is 0 Å². The van der Waals surface area contributed by atoms with E-state index in [2.05, 4.69) is 16.4 Å². The fourth-order valence-electron chi connectivity index (χ4n) is 2.96. The Bertz CT molecular complexity index is 835. The summed E-state index contributed by atoms with van der Waals surface area (Å²) in [6.45, 7) is 2.16. The average Bonchev–Trinajstić information content (AvgIpc) is 2.63. The van der Waals surface area contributed by atoms with Crippen LogP contribution in [0.4, 0.5) is 5.69 Å². The van der Waals surface area contributed by atoms with Gasteiger partial charge in [0.1, 0.15) is 0 Å². The van der Waals surface area contributed by atoms with Gasteiger partial charge in [-0.15, -0.1) is 0 Å². The lowest BCUT2D eigenvalue weighted by Gasteiger charge is -2.26. The summed E-state index contributed by atoms with van der Waals surface area (Å²) in [7, 11) is 1.80. The Morgan fingerprint density at radius 2 is 2.12 bits per heavy atom. The highest BCUT2D eigenvalue weighted by molar-refractivity contribution is 6.34. The van der Waals surface area contributed by atoms with Crippen LogP contribution in [0.2, 0.25) is 5.02 Å². The van der Waals surface area contributed by atoms with Crippen LogP contribution in [0.1, 0.15) is 30.9 Å². The summed E-state index contributed by atoms with van der Waals surface area (Å²) in [5, 5.41) is 3.41. The number of hydrogen-bond acceptors (Lipinski definition) is 3. The van der Waals surface area contributed by atoms with E-state index < -0.39 is 0 Å². The Morgan fingerprint density at radius 3 is 2.88 bits per heavy atom. The Kier molecular flexibility index (Phi) is 5.04. The second kappa shape index (κ2) is 7.23. The highest BCUT2D eigenvalue weighted by Gasteiger charge is 2.21. The number of aryl methyl sites for hydroxylation is 1. The lowest BCUT2D eigenvalue weighted by atomic mass is 9.96. The van der Waals surface area contributed by atoms with Crippen LogP contribution in [0.5, 0.6) is 0 Å². The fourth-order valence-corrected chi connectivity index (χ4v) is 3.23. The summed E-state index contributed by atoms with van der Waals surface area (Å²) >= 11 is 6.55. The van der Waals surface area contributed by atoms with Crippen LogP contribution < -0.4 is 10.2 Å². The van der Waals surface area contributed by atoms with Crippen molar-refractivity contribution >= 4 is 29.1 Å². The van der Waals surface area contributed by atoms with Gasteiger partial charge < -0.3 is 10.2 Å². The van der Waals surface area contributed by atoms with Gasteiger partial charge >= 0.3 is 0 Å². The molecule has 1 aliphatic heterocycles. The molecule has 3 rings (SSSR count). The molecule has 130 valence electrons. The molecule has 0 atom stereocenters. The molecule has 1 aromatic carbocycles. The first-order valence-corrected chi connectivity index (χ1v) is 8.68. The van der Waals surface area contributed by atoms with Crippen LogP contribution in [-0.4, -0.2) is 23.8 Å². The molecule has 1 aromatic heterocycles. The minimum atomic E-state index is -0.0250. The van der Waals surface area contributed by atoms with Crippen molar-refractivity contribution in [2.75, 3.05) is 11.9 Å². The van der Waals surface area contributed by atoms with E-state index in [0.717, 1.165) is 34.4 Å². The molecule has 0 fully saturated rings. The van der Waals surface area contributed by atoms with Crippen LogP contribution in [0.15, 0.2) is 30.6 Å². The van der Waals surface area contributed by atoms with E-state index in [1.165, 1.54) is 0 Å². The van der Waals surface area contributed by atoms with Gasteiger partial charge in [-0.05, 0) is 29.7 Å². The van der Waals surface area contributed by atoms with Gasteiger partial charge in [0.15, 0.2) is 0 Å². The number of carbonyl (C=O) groups excluding carboxylic acids is 2. The molecule has 1 N–H and O–H groups in total. The van der Waals surface area contributed by atoms with Gasteiger partial charge in [0.25, 0.3) is 0 Å². The van der Waals surface area contributed by atoms with Crippen LogP contribution in [-0.2, 0) is 22.6 Å². The third-order valence-electron chi connectivity index (χ3n) is 4.48. The molecule has 0 saturated heterocycles. The van der Waals surface area contributed by atoms with Crippen molar-refractivity contribution < 1.29 is 9.59 Å². The number of nitrogens with one attached hydrogen (secondary N) is 1. The molecule has 0 bridgehead atoms. The van der Waals surface area contributed by atoms with E-state index in [1.54, 1.807) is 31.3 Å². The first kappa shape index (κ1) is 17.4. The van der Waals surface area contributed by atoms with E-state index in [9.17, 15) is 9.59 Å². The zero-order valence-corrected chi connectivity index (χ0v) is 15.1. The molecule has 0 saturated carbocycles. The van der Waals surface area contributed by atoms with Crippen LogP contribution >= 0.6 is 11.6 Å². The SMILES string of the molecule is CCC(=O)NCc1cncc(-c2ccc3c(c2)CCC(=O)N3C)c1Cl. The number of benzene rings is 1. The lowest BCUT2D eigenvalue weighted by Crippen LogP contribution is -2.30. The highest BCUT2D eigenvalue weighted by Crippen LogP contribution is 2.35. The number of rotatable bonds is 4. The maximum absolute atomic E-state index is 11.8. The summed E-state index contributed by atoms with van der Waals surface area (Å²) in [6.07, 6.45) is 5.08. The average molecular weight is 358 g/mol. The van der Waals surface area contributed by atoms with E-state index in [1.807, 2.05) is 12.1 Å². The van der Waals surface area contributed by atoms with Crippen molar-refractivity contribution in [3.63, 3.8) is 0 Å². The van der Waals surface area contributed by atoms with E-state index in [0.29, 0.717) is 24.4 Å². The summed E-state index contributed by atoms with van der Waals surface area (Å²) in [5.41, 5.74) is 4.64. The number of aromatic nitrogens is 1. The predicted molar refractivity (Wildman–Crippen MR) is 98.6 cm³/mol. The second-order valence-corrected chi connectivity index (χ2v) is 6.46. The van der Waals surface area contributed by atoms with Crippen LogP contribution in [0, 0.1) is 0 Å². The predicted octanol–water partition coefficient (Wildman–Crippen LogP) is 3.34. The molecule has 2 aromatic rings. The summed E-state index contributed by atoms with van der Waals surface area (Å²) in [4.78, 5) is 29.2. The summed E-state index contributed by atoms with van der Waals surface area (Å²) < 4.78 is 0. The van der Waals surface area contributed by atoms with Crippen molar-refractivity contribution in [2.45, 2.75) is 32.7 Å². The second-order valence-electron chi connectivity index (χ2n) is 6.09. The van der Waals surface area contributed by atoms with Crippen molar-refractivity contribution in [3.8, 4) is 11.1 Å². The Hall–Kier alpha value is -2.40. The largest absolute Gasteiger partial charge is 0.352 e. The molecular weight excluding hydrogens is 338 g/mol. The number of halogens is 1. The van der Waals surface area contributed by atoms with Gasteiger partial charge in [0, 0.05) is 55.6 Å². The minimum Gasteiger partial charge on any atom is -0.352 e. The van der Waals surface area contributed by atoms with Gasteiger partial charge in [0.2, 0.25) is 11.8 Å². The van der Waals surface area contributed by atoms with Crippen molar-refractivity contribution in [1.82, 2.24) is 10.3 Å². The first-order chi connectivity index (χ1) is 12.0. The van der Waals surface area contributed by atoms with E-state index in [-0.39, 0.29) is 11.8 Å². The smallest absolute Gasteiger partial charge is 0.227 e. The molecule has 0 spiro atoms. The third-order valence-corrected chi connectivity index (χ3v) is 4.93. The molecule has 2 amide bonds. The first-order valence-electron chi connectivity index (χ1n) is 8.30. The zero-order chi connectivity index (χ0) is 18.0. The Morgan fingerprint density at radius 1 is 1.32 bits per heavy atom. The number of hydrogen-bond donors (Lipinski definition) is 1. The van der Waals surface area contributed by atoms with Gasteiger partial charge in [-0.3, -0.25) is 14.6 Å². The van der Waals surface area contributed by atoms with Crippen molar-refractivity contribution in [2.24, 2.45) is 0 Å². The molecule has 2 heterocycles. The molecular formula is C19H20ClN3O2. The number of anilines is 1. The highest BCUT2D eigenvalue weighted by atomic mass is 35.5. The maximum Gasteiger partial charge on any atom is 0.227 e. The lowest BCUT2D eigenvalue weighted by molar-refractivity contribution is -0.121. The van der Waals surface area contributed by atoms with Gasteiger partial charge in [-0.25, -0.2) is 0 Å². The fraction of sp³-hybridized carbons (Fsp3) is 0.316. The van der Waals surface area contributed by atoms with Gasteiger partial charge in [-0.1, -0.05) is 24.6 Å². The monoisotopic (exact) mass is 357 g/mol. The molecule has 1 aliphatic rings. The van der Waals surface area contributed by atoms with E-state index in [4.69, 9.17) is 11.6 Å². The quantitative estimate of drug-likeness (QED) is 0.912. The molecule has 0 aliphatic carbocycles. The summed E-state index contributed by atoms with van der Waals surface area (Å²) in [5.74, 6) is 0.108. The van der Waals surface area contributed by atoms with Crippen LogP contribution in [0.25, 0.3) is 11.1 Å². The number of amides is 2. The molecule has 0 radical (unpaired) electrons. The van der Waals surface area contributed by atoms with Crippen molar-refractivity contribution in [3.05, 3.63) is 46.7 Å². The topological polar surface area (TPSA) is 62.3 Å². The number of nitrogens with zero attached hydrogens (tertiary/aromatic N) is 2. The van der Waals surface area contributed by atoms with E-state index >= 15 is 0 Å².